The first kappa shape index (κ1) is 39.7. The van der Waals surface area contributed by atoms with Gasteiger partial charge in [-0.25, -0.2) is 19.1 Å². The van der Waals surface area contributed by atoms with Crippen LogP contribution in [0.4, 0.5) is 9.59 Å². The van der Waals surface area contributed by atoms with Crippen molar-refractivity contribution in [2.45, 2.75) is 95.4 Å². The smallest absolute Gasteiger partial charge is 0.419 e. The average molecular weight is 739 g/mol. The zero-order chi connectivity index (χ0) is 38.7. The quantitative estimate of drug-likeness (QED) is 0.137. The number of hydrogen-bond acceptors (Lipinski definition) is 9. The van der Waals surface area contributed by atoms with E-state index in [1.807, 2.05) is 105 Å². The van der Waals surface area contributed by atoms with Gasteiger partial charge >= 0.3 is 12.2 Å². The molecule has 0 bridgehead atoms. The van der Waals surface area contributed by atoms with E-state index in [0.29, 0.717) is 13.0 Å². The standard InChI is InChI=1S/C41H50N6O7/c1-40(2,3)47-21-13-20-41(47,37(42)50)24-35(48)33(22-29-14-7-4-8-15-29)44-36(49)34(45-38(51)53-26-30-16-9-5-10-17-30)23-32-25-43-28-46(32)39(52)54-27-31-18-11-6-12-19-31/h4-12,14-19,25,28,33-35,48H,13,20-24,26-27H2,1-3H3,(H2,42,50)(H,44,49)(H,45,51)/t33-,34-,35+,41+/m0/s1. The third kappa shape index (κ3) is 10.3. The summed E-state index contributed by atoms with van der Waals surface area (Å²) in [5.74, 6) is -1.18. The van der Waals surface area contributed by atoms with Gasteiger partial charge in [-0.1, -0.05) is 91.0 Å². The van der Waals surface area contributed by atoms with Gasteiger partial charge in [0.15, 0.2) is 0 Å². The number of alkyl carbamates (subject to hydrolysis) is 1. The van der Waals surface area contributed by atoms with Gasteiger partial charge in [-0.15, -0.1) is 0 Å². The highest BCUT2D eigenvalue weighted by atomic mass is 16.6. The van der Waals surface area contributed by atoms with Gasteiger partial charge in [-0.2, -0.15) is 0 Å². The molecule has 4 atom stereocenters. The predicted molar refractivity (Wildman–Crippen MR) is 202 cm³/mol. The Hall–Kier alpha value is -5.53. The summed E-state index contributed by atoms with van der Waals surface area (Å²) in [6.45, 7) is 6.61. The van der Waals surface area contributed by atoms with Crippen molar-refractivity contribution in [1.82, 2.24) is 25.1 Å². The summed E-state index contributed by atoms with van der Waals surface area (Å²) in [5.41, 5.74) is 7.19. The monoisotopic (exact) mass is 738 g/mol. The van der Waals surface area contributed by atoms with E-state index in [9.17, 15) is 24.3 Å². The fraction of sp³-hybridized carbons (Fsp3) is 0.390. The lowest BCUT2D eigenvalue weighted by Gasteiger charge is -2.46. The van der Waals surface area contributed by atoms with Crippen molar-refractivity contribution in [1.29, 1.82) is 0 Å². The maximum absolute atomic E-state index is 14.3. The molecule has 0 radical (unpaired) electrons. The minimum absolute atomic E-state index is 0.0176. The third-order valence-electron chi connectivity index (χ3n) is 9.75. The number of aromatic nitrogens is 2. The van der Waals surface area contributed by atoms with Gasteiger partial charge in [-0.05, 0) is 63.3 Å². The number of benzene rings is 3. The summed E-state index contributed by atoms with van der Waals surface area (Å²) in [5, 5.41) is 17.6. The van der Waals surface area contributed by atoms with Crippen molar-refractivity contribution in [3.63, 3.8) is 0 Å². The van der Waals surface area contributed by atoms with Crippen LogP contribution in [0.2, 0.25) is 0 Å². The summed E-state index contributed by atoms with van der Waals surface area (Å²) < 4.78 is 12.1. The van der Waals surface area contributed by atoms with Gasteiger partial charge < -0.3 is 30.9 Å². The number of hydrogen-bond donors (Lipinski definition) is 4. The predicted octanol–water partition coefficient (Wildman–Crippen LogP) is 4.50. The lowest BCUT2D eigenvalue weighted by Crippen LogP contribution is -2.63. The largest absolute Gasteiger partial charge is 0.445 e. The molecule has 0 saturated carbocycles. The molecule has 0 spiro atoms. The summed E-state index contributed by atoms with van der Waals surface area (Å²) in [6, 6.07) is 25.4. The molecule has 286 valence electrons. The first-order chi connectivity index (χ1) is 25.9. The van der Waals surface area contributed by atoms with E-state index in [-0.39, 0.29) is 38.2 Å². The van der Waals surface area contributed by atoms with Gasteiger partial charge in [0.25, 0.3) is 0 Å². The Kier molecular flexibility index (Phi) is 13.2. The lowest BCUT2D eigenvalue weighted by molar-refractivity contribution is -0.135. The topological polar surface area (TPSA) is 178 Å². The van der Waals surface area contributed by atoms with Crippen molar-refractivity contribution in [3.05, 3.63) is 126 Å². The van der Waals surface area contributed by atoms with E-state index in [4.69, 9.17) is 15.2 Å². The van der Waals surface area contributed by atoms with Crippen LogP contribution in [0.15, 0.2) is 104 Å². The van der Waals surface area contributed by atoms with Crippen LogP contribution in [-0.4, -0.2) is 79.4 Å². The molecule has 3 amide bonds. The Bertz CT molecular complexity index is 1850. The summed E-state index contributed by atoms with van der Waals surface area (Å²) in [4.78, 5) is 60.0. The number of likely N-dealkylation sites (tertiary alicyclic amines) is 1. The van der Waals surface area contributed by atoms with Crippen LogP contribution in [-0.2, 0) is 45.1 Å². The molecule has 2 heterocycles. The number of primary amides is 1. The maximum Gasteiger partial charge on any atom is 0.419 e. The molecule has 13 nitrogen and oxygen atoms in total. The second-order valence-electron chi connectivity index (χ2n) is 14.7. The molecule has 1 aliphatic heterocycles. The summed E-state index contributed by atoms with van der Waals surface area (Å²) in [6.07, 6.45) is 1.10. The first-order valence-electron chi connectivity index (χ1n) is 18.2. The van der Waals surface area contributed by atoms with Crippen LogP contribution in [0.3, 0.4) is 0 Å². The molecule has 1 saturated heterocycles. The number of rotatable bonds is 15. The SMILES string of the molecule is CC(C)(C)N1CCC[C@@]1(C[C@@H](O)[C@H](Cc1ccccc1)NC(=O)[C@H](Cc1cncn1C(=O)OCc1ccccc1)NC(=O)OCc1ccccc1)C(N)=O. The molecule has 54 heavy (non-hydrogen) atoms. The van der Waals surface area contributed by atoms with E-state index < -0.39 is 53.3 Å². The molecule has 1 fully saturated rings. The van der Waals surface area contributed by atoms with Gasteiger partial charge in [-0.3, -0.25) is 14.5 Å². The van der Waals surface area contributed by atoms with Gasteiger partial charge in [0, 0.05) is 24.6 Å². The second-order valence-corrected chi connectivity index (χ2v) is 14.7. The molecule has 1 aromatic heterocycles. The molecule has 5 rings (SSSR count). The minimum atomic E-state index is -1.28. The van der Waals surface area contributed by atoms with E-state index in [1.54, 1.807) is 12.1 Å². The number of aliphatic hydroxyl groups excluding tert-OH is 1. The number of nitrogens with two attached hydrogens (primary N) is 1. The Labute approximate surface area is 315 Å². The average Bonchev–Trinajstić information content (AvgIpc) is 3.82. The molecule has 13 heteroatoms. The van der Waals surface area contributed by atoms with Crippen molar-refractivity contribution < 1.29 is 33.8 Å². The van der Waals surface area contributed by atoms with Crippen molar-refractivity contribution in [2.24, 2.45) is 5.73 Å². The zero-order valence-corrected chi connectivity index (χ0v) is 31.0. The highest BCUT2D eigenvalue weighted by molar-refractivity contribution is 5.87. The molecule has 0 aliphatic carbocycles. The van der Waals surface area contributed by atoms with Crippen LogP contribution in [0.25, 0.3) is 0 Å². The van der Waals surface area contributed by atoms with Crippen molar-refractivity contribution in [3.8, 4) is 0 Å². The number of nitrogens with one attached hydrogen (secondary N) is 2. The summed E-state index contributed by atoms with van der Waals surface area (Å²) in [7, 11) is 0. The lowest BCUT2D eigenvalue weighted by atomic mass is 9.82. The highest BCUT2D eigenvalue weighted by Gasteiger charge is 2.51. The van der Waals surface area contributed by atoms with Crippen LogP contribution in [0.5, 0.6) is 0 Å². The zero-order valence-electron chi connectivity index (χ0n) is 31.0. The van der Waals surface area contributed by atoms with Crippen molar-refractivity contribution in [2.75, 3.05) is 6.54 Å². The summed E-state index contributed by atoms with van der Waals surface area (Å²) >= 11 is 0. The number of nitrogens with zero attached hydrogens (tertiary/aromatic N) is 3. The van der Waals surface area contributed by atoms with E-state index in [1.165, 1.54) is 17.1 Å². The van der Waals surface area contributed by atoms with Gasteiger partial charge in [0.05, 0.1) is 17.8 Å². The number of amides is 3. The van der Waals surface area contributed by atoms with Crippen LogP contribution >= 0.6 is 0 Å². The fourth-order valence-corrected chi connectivity index (χ4v) is 7.10. The van der Waals surface area contributed by atoms with E-state index in [2.05, 4.69) is 15.6 Å². The Balaban J connectivity index is 1.39. The number of carbonyl (C=O) groups excluding carboxylic acids is 4. The molecule has 5 N–H and O–H groups in total. The normalized spacial score (nSPS) is 17.6. The minimum Gasteiger partial charge on any atom is -0.445 e. The molecule has 3 aromatic carbocycles. The maximum atomic E-state index is 14.3. The fourth-order valence-electron chi connectivity index (χ4n) is 7.10. The van der Waals surface area contributed by atoms with Gasteiger partial charge in [0.1, 0.15) is 31.1 Å². The molecular weight excluding hydrogens is 688 g/mol. The number of ether oxygens (including phenoxy) is 2. The third-order valence-corrected chi connectivity index (χ3v) is 9.75. The Morgan fingerprint density at radius 2 is 1.43 bits per heavy atom. The van der Waals surface area contributed by atoms with Crippen LogP contribution in [0.1, 0.15) is 62.4 Å². The van der Waals surface area contributed by atoms with Crippen LogP contribution < -0.4 is 16.4 Å². The van der Waals surface area contributed by atoms with Crippen LogP contribution in [0, 0.1) is 0 Å². The molecule has 1 aliphatic rings. The highest BCUT2D eigenvalue weighted by Crippen LogP contribution is 2.39. The van der Waals surface area contributed by atoms with E-state index in [0.717, 1.165) is 23.1 Å². The number of aliphatic hydroxyl groups is 1. The second kappa shape index (κ2) is 18.0. The molecule has 0 unspecified atom stereocenters. The first-order valence-corrected chi connectivity index (χ1v) is 18.2. The molecular formula is C41H50N6O7. The number of imidazole rings is 1. The Morgan fingerprint density at radius 3 is 2.00 bits per heavy atom. The van der Waals surface area contributed by atoms with E-state index >= 15 is 0 Å². The number of carbonyl (C=O) groups is 4. The van der Waals surface area contributed by atoms with Crippen molar-refractivity contribution >= 4 is 24.0 Å². The Morgan fingerprint density at radius 1 is 0.852 bits per heavy atom. The van der Waals surface area contributed by atoms with Gasteiger partial charge in [0.2, 0.25) is 11.8 Å². The molecule has 4 aromatic rings.